The van der Waals surface area contributed by atoms with E-state index in [1.165, 1.54) is 0 Å². The number of benzene rings is 7. The minimum absolute atomic E-state index is 0.0118. The SMILES string of the molecule is Nc1c(/N=N/c2cc(Nc3nc(F)nc(Nc4ccc(S(=O)(=O)CCOS(=O)(=O)O)cc4)n3)ccc2S(=O)(=O)O)cc(S(=O)(=O)O)c(N)c1/N=N/c1cc(/N=N/c2c(S(=O)(=O)O)cc3cc(S(=O)(=O)O)c(/N=N/c4ccc(S(=O)(=O)CCOS(=O)(=O)O)cc4)c(N)c3c2O)c(S(=O)(=O)O)cc1S(=O)(=O)O. The number of halogens is 1. The number of nitrogens with one attached hydrogen (secondary N) is 2. The number of aromatic hydroxyl groups is 1. The lowest BCUT2D eigenvalue weighted by molar-refractivity contribution is 0.282. The second kappa shape index (κ2) is 29.5. The molecule has 562 valence electrons. The maximum atomic E-state index is 14.8. The minimum atomic E-state index is -5.88. The molecule has 0 amide bonds. The number of azo groups is 4. The van der Waals surface area contributed by atoms with Crippen molar-refractivity contribution in [1.82, 2.24) is 15.0 Å². The van der Waals surface area contributed by atoms with Crippen molar-refractivity contribution in [3.63, 3.8) is 0 Å². The van der Waals surface area contributed by atoms with Crippen LogP contribution >= 0.6 is 0 Å². The van der Waals surface area contributed by atoms with Gasteiger partial charge in [-0.25, -0.2) is 25.2 Å². The zero-order chi connectivity index (χ0) is 78.3. The zero-order valence-corrected chi connectivity index (χ0v) is 58.8. The van der Waals surface area contributed by atoms with Crippen LogP contribution < -0.4 is 27.8 Å². The lowest BCUT2D eigenvalue weighted by Crippen LogP contribution is -2.15. The predicted molar refractivity (Wildman–Crippen MR) is 352 cm³/mol. The molecule has 1 aromatic heterocycles. The number of rotatable bonds is 28. The highest BCUT2D eigenvalue weighted by Crippen LogP contribution is 2.50. The first kappa shape index (κ1) is 80.7. The van der Waals surface area contributed by atoms with Crippen molar-refractivity contribution < 1.29 is 138 Å². The predicted octanol–water partition coefficient (Wildman–Crippen LogP) is 5.43. The van der Waals surface area contributed by atoms with Crippen LogP contribution in [0.25, 0.3) is 10.8 Å². The number of nitrogen functional groups attached to an aromatic ring is 3. The highest BCUT2D eigenvalue weighted by Gasteiger charge is 2.32. The van der Waals surface area contributed by atoms with Gasteiger partial charge >= 0.3 is 26.9 Å². The lowest BCUT2D eigenvalue weighted by Gasteiger charge is -2.14. The van der Waals surface area contributed by atoms with Crippen molar-refractivity contribution >= 4 is 198 Å². The lowest BCUT2D eigenvalue weighted by atomic mass is 10.1. The number of sulfone groups is 2. The van der Waals surface area contributed by atoms with Crippen molar-refractivity contribution in [1.29, 1.82) is 0 Å². The molecule has 0 aliphatic heterocycles. The number of hydrogen-bond donors (Lipinski definition) is 14. The summed E-state index contributed by atoms with van der Waals surface area (Å²) in [4.78, 5) is 1.28. The third-order valence-corrected chi connectivity index (χ3v) is 22.7. The largest absolute Gasteiger partial charge is 0.505 e. The van der Waals surface area contributed by atoms with Gasteiger partial charge in [0.05, 0.1) is 62.6 Å². The average Bonchev–Trinajstić information content (AvgIpc) is 0.743. The molecule has 8 rings (SSSR count). The summed E-state index contributed by atoms with van der Waals surface area (Å²) in [5, 5.41) is 43.7. The molecule has 0 saturated heterocycles. The van der Waals surface area contributed by atoms with Gasteiger partial charge < -0.3 is 32.9 Å². The van der Waals surface area contributed by atoms with Gasteiger partial charge in [0, 0.05) is 11.4 Å². The minimum Gasteiger partial charge on any atom is -0.505 e. The number of fused-ring (bicyclic) bond motifs is 1. The molecule has 1 heterocycles. The summed E-state index contributed by atoms with van der Waals surface area (Å²) in [6.07, 6.45) is -1.48. The summed E-state index contributed by atoms with van der Waals surface area (Å²) >= 11 is 0. The number of anilines is 7. The molecule has 0 fully saturated rings. The molecule has 58 heteroatoms. The molecule has 7 aromatic carbocycles. The standard InChI is InChI=1S/C47H41FN16O31S10/c48-45-54-46(52-22-1-6-25(7-2-22)96(66,67)13-11-94-104(88,89)90)56-47(55-45)53-24-5-10-31(98(70,71)72)27(17-24)58-61-30-19-34(101(79,80)81)39(50)43(38(30)49)64-60-29-18-28(32(99(73,74)75)20-33(29)100(76,77)78)59-63-42-36(103(85,86)87)16-21-15-35(102(82,83)84)41(40(51)37(21)44(42)65)62-57-23-3-8-26(9-4-23)97(68,69)14-12-95-105(91,92)93/h1-10,15-20,65H,11-14,49-51H2,(H,70,71,72)(H,73,74,75)(H,76,77,78)(H,79,80,81)(H,82,83,84)(H,85,86,87)(H,88,89,90)(H,91,92,93)(H2,52,53,54,55,56)/b61-58+,62-57+,63-59+,64-60+. The number of phenols is 1. The van der Waals surface area contributed by atoms with E-state index in [1.807, 2.05) is 0 Å². The molecular formula is C47H41FN16O31S10. The molecule has 0 unspecified atom stereocenters. The van der Waals surface area contributed by atoms with E-state index in [4.69, 9.17) is 26.3 Å². The molecule has 0 bridgehead atoms. The molecule has 0 spiro atoms. The van der Waals surface area contributed by atoms with Gasteiger partial charge in [0.2, 0.25) is 11.9 Å². The first-order valence-corrected chi connectivity index (χ1v) is 41.3. The Kier molecular flexibility index (Phi) is 22.7. The Hall–Kier alpha value is -9.96. The molecule has 47 nitrogen and oxygen atoms in total. The molecule has 0 aliphatic carbocycles. The fourth-order valence-corrected chi connectivity index (χ4v) is 15.4. The van der Waals surface area contributed by atoms with Crippen molar-refractivity contribution in [3.8, 4) is 5.75 Å². The second-order valence-corrected chi connectivity index (χ2v) is 34.9. The number of nitrogens with two attached hydrogens (primary N) is 3. The van der Waals surface area contributed by atoms with E-state index in [2.05, 4.69) is 74.9 Å². The van der Waals surface area contributed by atoms with Gasteiger partial charge in [0.1, 0.15) is 69.2 Å². The first-order valence-electron chi connectivity index (χ1n) is 26.6. The summed E-state index contributed by atoms with van der Waals surface area (Å²) in [5.41, 5.74) is 6.12. The van der Waals surface area contributed by atoms with Crippen LogP contribution in [0, 0.1) is 6.08 Å². The Morgan fingerprint density at radius 1 is 0.381 bits per heavy atom. The number of aromatic nitrogens is 3. The maximum absolute atomic E-state index is 14.8. The topological polar surface area (TPSA) is 782 Å². The molecule has 8 aromatic rings. The van der Waals surface area contributed by atoms with Crippen molar-refractivity contribution in [2.24, 2.45) is 40.9 Å². The molecular weight excluding hydrogens is 1620 g/mol. The van der Waals surface area contributed by atoms with E-state index in [9.17, 15) is 121 Å². The Balaban J connectivity index is 1.18. The molecule has 17 N–H and O–H groups in total. The van der Waals surface area contributed by atoms with Crippen molar-refractivity contribution in [2.75, 3.05) is 52.6 Å². The highest BCUT2D eigenvalue weighted by atomic mass is 32.3. The third kappa shape index (κ3) is 20.1. The second-order valence-electron chi connectivity index (χ2n) is 20.2. The van der Waals surface area contributed by atoms with Gasteiger partial charge in [0.25, 0.3) is 60.7 Å². The first-order chi connectivity index (χ1) is 48.1. The van der Waals surface area contributed by atoms with E-state index >= 15 is 0 Å². The van der Waals surface area contributed by atoms with Crippen LogP contribution in [-0.2, 0) is 110 Å². The molecule has 105 heavy (non-hydrogen) atoms. The van der Waals surface area contributed by atoms with Crippen molar-refractivity contribution in [2.45, 2.75) is 39.2 Å². The quantitative estimate of drug-likeness (QED) is 0.0165. The normalized spacial score (nSPS) is 13.4. The van der Waals surface area contributed by atoms with Crippen LogP contribution in [0.3, 0.4) is 0 Å². The molecule has 0 atom stereocenters. The van der Waals surface area contributed by atoms with Crippen LogP contribution in [0.2, 0.25) is 0 Å². The van der Waals surface area contributed by atoms with E-state index in [0.29, 0.717) is 24.3 Å². The zero-order valence-electron chi connectivity index (χ0n) is 50.7. The van der Waals surface area contributed by atoms with Crippen LogP contribution in [0.15, 0.2) is 177 Å². The smallest absolute Gasteiger partial charge is 0.397 e. The molecule has 0 radical (unpaired) electrons. The van der Waals surface area contributed by atoms with Gasteiger partial charge in [-0.15, -0.1) is 35.8 Å². The Labute approximate surface area is 588 Å². The number of phenolic OH excluding ortho intramolecular Hbond substituents is 1. The van der Waals surface area contributed by atoms with Gasteiger partial charge in [-0.05, 0) is 102 Å². The monoisotopic (exact) mass is 1660 g/mol. The average molecular weight is 1670 g/mol. The summed E-state index contributed by atoms with van der Waals surface area (Å²) in [7, 11) is -52.5. The van der Waals surface area contributed by atoms with Crippen LogP contribution in [-0.4, -0.2) is 165 Å². The highest BCUT2D eigenvalue weighted by molar-refractivity contribution is 7.92. The van der Waals surface area contributed by atoms with E-state index < -0.39 is 252 Å². The fourth-order valence-electron chi connectivity index (χ4n) is 8.51. The maximum Gasteiger partial charge on any atom is 0.397 e. The van der Waals surface area contributed by atoms with Gasteiger partial charge in [-0.3, -0.25) is 36.4 Å². The van der Waals surface area contributed by atoms with Crippen LogP contribution in [0.1, 0.15) is 0 Å². The van der Waals surface area contributed by atoms with Crippen LogP contribution in [0.4, 0.5) is 90.2 Å². The Morgan fingerprint density at radius 3 is 1.25 bits per heavy atom. The van der Waals surface area contributed by atoms with Gasteiger partial charge in [0.15, 0.2) is 25.4 Å². The van der Waals surface area contributed by atoms with Gasteiger partial charge in [-0.1, -0.05) is 0 Å². The van der Waals surface area contributed by atoms with Crippen LogP contribution in [0.5, 0.6) is 5.75 Å². The Bertz CT molecular complexity index is 6310. The molecule has 0 saturated carbocycles. The summed E-state index contributed by atoms with van der Waals surface area (Å²) in [6.45, 7) is -1.97. The summed E-state index contributed by atoms with van der Waals surface area (Å²) < 4.78 is 349. The van der Waals surface area contributed by atoms with Crippen molar-refractivity contribution in [3.05, 3.63) is 103 Å². The van der Waals surface area contributed by atoms with E-state index in [-0.39, 0.29) is 34.1 Å². The molecule has 0 aliphatic rings. The van der Waals surface area contributed by atoms with E-state index in [0.717, 1.165) is 60.7 Å². The third-order valence-electron chi connectivity index (χ3n) is 13.0. The summed E-state index contributed by atoms with van der Waals surface area (Å²) in [5.74, 6) is -4.66. The van der Waals surface area contributed by atoms with Gasteiger partial charge in [-0.2, -0.15) is 91.8 Å². The van der Waals surface area contributed by atoms with E-state index in [1.54, 1.807) is 0 Å². The summed E-state index contributed by atoms with van der Waals surface area (Å²) in [6, 6.07) is 11.4. The Morgan fingerprint density at radius 2 is 0.781 bits per heavy atom. The fraction of sp³-hybridized carbons (Fsp3) is 0.0851. The number of nitrogens with zero attached hydrogens (tertiary/aromatic N) is 11. The number of hydrogen-bond acceptors (Lipinski definition) is 39.